The normalized spacial score (nSPS) is 17.8. The Morgan fingerprint density at radius 1 is 1.48 bits per heavy atom. The third-order valence-corrected chi connectivity index (χ3v) is 4.60. The summed E-state index contributed by atoms with van der Waals surface area (Å²) in [7, 11) is 0. The number of carbonyl (C=O) groups excluding carboxylic acids is 1. The molecule has 1 aliphatic heterocycles. The molecule has 2 amide bonds. The fraction of sp³-hybridized carbons (Fsp3) is 0.389. The molecule has 0 aliphatic carbocycles. The molecule has 25 heavy (non-hydrogen) atoms. The SMILES string of the molecule is CCc1nc2cc(NC(=O)N3CCC[C@H](c4ncc[nH]4)C3)ccc2o1. The molecule has 1 atom stereocenters. The van der Waals surface area contributed by atoms with Gasteiger partial charge in [-0.15, -0.1) is 0 Å². The van der Waals surface area contributed by atoms with E-state index in [2.05, 4.69) is 20.3 Å². The van der Waals surface area contributed by atoms with Gasteiger partial charge in [0.1, 0.15) is 11.3 Å². The van der Waals surface area contributed by atoms with Crippen LogP contribution in [0.5, 0.6) is 0 Å². The summed E-state index contributed by atoms with van der Waals surface area (Å²) < 4.78 is 5.60. The number of rotatable bonds is 3. The van der Waals surface area contributed by atoms with Crippen LogP contribution in [0.2, 0.25) is 0 Å². The molecule has 7 heteroatoms. The number of piperidine rings is 1. The maximum absolute atomic E-state index is 12.6. The highest BCUT2D eigenvalue weighted by atomic mass is 16.3. The summed E-state index contributed by atoms with van der Waals surface area (Å²) in [6.07, 6.45) is 6.35. The first-order valence-corrected chi connectivity index (χ1v) is 8.67. The highest BCUT2D eigenvalue weighted by Crippen LogP contribution is 2.25. The molecule has 2 aromatic heterocycles. The first-order chi connectivity index (χ1) is 12.2. The maximum Gasteiger partial charge on any atom is 0.321 e. The lowest BCUT2D eigenvalue weighted by atomic mass is 9.98. The van der Waals surface area contributed by atoms with Crippen LogP contribution >= 0.6 is 0 Å². The van der Waals surface area contributed by atoms with Crippen LogP contribution in [-0.4, -0.2) is 39.0 Å². The number of nitrogens with one attached hydrogen (secondary N) is 2. The van der Waals surface area contributed by atoms with Crippen molar-refractivity contribution in [3.8, 4) is 0 Å². The molecule has 4 rings (SSSR count). The van der Waals surface area contributed by atoms with Gasteiger partial charge in [-0.2, -0.15) is 0 Å². The van der Waals surface area contributed by atoms with Gasteiger partial charge in [-0.25, -0.2) is 14.8 Å². The monoisotopic (exact) mass is 339 g/mol. The number of amides is 2. The van der Waals surface area contributed by atoms with Gasteiger partial charge in [-0.1, -0.05) is 6.92 Å². The third-order valence-electron chi connectivity index (χ3n) is 4.60. The molecule has 3 heterocycles. The average molecular weight is 339 g/mol. The highest BCUT2D eigenvalue weighted by molar-refractivity contribution is 5.91. The zero-order valence-corrected chi connectivity index (χ0v) is 14.2. The Kier molecular flexibility index (Phi) is 4.13. The minimum atomic E-state index is -0.0881. The molecule has 130 valence electrons. The van der Waals surface area contributed by atoms with Crippen molar-refractivity contribution in [2.45, 2.75) is 32.1 Å². The van der Waals surface area contributed by atoms with Gasteiger partial charge < -0.3 is 19.6 Å². The van der Waals surface area contributed by atoms with E-state index in [9.17, 15) is 4.79 Å². The smallest absolute Gasteiger partial charge is 0.321 e. The van der Waals surface area contributed by atoms with Crippen molar-refractivity contribution in [1.29, 1.82) is 0 Å². The summed E-state index contributed by atoms with van der Waals surface area (Å²) in [5.41, 5.74) is 2.24. The first-order valence-electron chi connectivity index (χ1n) is 8.67. The summed E-state index contributed by atoms with van der Waals surface area (Å²) in [5.74, 6) is 1.92. The Morgan fingerprint density at radius 2 is 2.40 bits per heavy atom. The largest absolute Gasteiger partial charge is 0.441 e. The van der Waals surface area contributed by atoms with Gasteiger partial charge in [-0.05, 0) is 31.0 Å². The van der Waals surface area contributed by atoms with Crippen LogP contribution in [0.1, 0.15) is 37.4 Å². The Labute approximate surface area is 145 Å². The number of fused-ring (bicyclic) bond motifs is 1. The maximum atomic E-state index is 12.6. The van der Waals surface area contributed by atoms with Gasteiger partial charge in [0, 0.05) is 43.5 Å². The van der Waals surface area contributed by atoms with Gasteiger partial charge in [0.2, 0.25) is 0 Å². The van der Waals surface area contributed by atoms with E-state index in [4.69, 9.17) is 4.42 Å². The zero-order valence-electron chi connectivity index (χ0n) is 14.2. The fourth-order valence-electron chi connectivity index (χ4n) is 3.29. The number of imidazole rings is 1. The Morgan fingerprint density at radius 3 is 3.20 bits per heavy atom. The molecule has 3 aromatic rings. The van der Waals surface area contributed by atoms with E-state index in [1.54, 1.807) is 6.20 Å². The van der Waals surface area contributed by atoms with Crippen molar-refractivity contribution in [3.05, 3.63) is 42.3 Å². The standard InChI is InChI=1S/C18H21N5O2/c1-2-16-22-14-10-13(5-6-15(14)25-16)21-18(24)23-9-3-4-12(11-23)17-19-7-8-20-17/h5-8,10,12H,2-4,9,11H2,1H3,(H,19,20)(H,21,24)/t12-/m0/s1. The highest BCUT2D eigenvalue weighted by Gasteiger charge is 2.26. The van der Waals surface area contributed by atoms with E-state index in [-0.39, 0.29) is 11.9 Å². The predicted octanol–water partition coefficient (Wildman–Crippen LogP) is 3.52. The summed E-state index contributed by atoms with van der Waals surface area (Å²) >= 11 is 0. The quantitative estimate of drug-likeness (QED) is 0.764. The number of anilines is 1. The number of benzene rings is 1. The van der Waals surface area contributed by atoms with Gasteiger partial charge in [0.15, 0.2) is 11.5 Å². The summed E-state index contributed by atoms with van der Waals surface area (Å²) in [6.45, 7) is 3.43. The minimum absolute atomic E-state index is 0.0881. The molecule has 1 saturated heterocycles. The number of nitrogens with zero attached hydrogens (tertiary/aromatic N) is 3. The van der Waals surface area contributed by atoms with E-state index in [0.717, 1.165) is 48.4 Å². The molecule has 0 spiro atoms. The molecule has 1 aromatic carbocycles. The second-order valence-electron chi connectivity index (χ2n) is 6.33. The van der Waals surface area contributed by atoms with Crippen molar-refractivity contribution < 1.29 is 9.21 Å². The third kappa shape index (κ3) is 3.22. The Bertz CT molecular complexity index is 871. The molecule has 1 fully saturated rings. The van der Waals surface area contributed by atoms with Gasteiger partial charge in [0.05, 0.1) is 0 Å². The molecule has 2 N–H and O–H groups in total. The molecule has 0 unspecified atom stereocenters. The van der Waals surface area contributed by atoms with Crippen molar-refractivity contribution >= 4 is 22.8 Å². The number of H-pyrrole nitrogens is 1. The molecule has 0 radical (unpaired) electrons. The summed E-state index contributed by atoms with van der Waals surface area (Å²) in [5, 5.41) is 2.97. The lowest BCUT2D eigenvalue weighted by molar-refractivity contribution is 0.191. The van der Waals surface area contributed by atoms with Crippen LogP contribution in [0.15, 0.2) is 35.0 Å². The van der Waals surface area contributed by atoms with E-state index < -0.39 is 0 Å². The summed E-state index contributed by atoms with van der Waals surface area (Å²) in [4.78, 5) is 26.4. The lowest BCUT2D eigenvalue weighted by Crippen LogP contribution is -2.41. The van der Waals surface area contributed by atoms with Gasteiger partial charge in [-0.3, -0.25) is 0 Å². The molecular formula is C18H21N5O2. The Hall–Kier alpha value is -2.83. The predicted molar refractivity (Wildman–Crippen MR) is 94.5 cm³/mol. The number of oxazole rings is 1. The second kappa shape index (κ2) is 6.58. The zero-order chi connectivity index (χ0) is 17.2. The van der Waals surface area contributed by atoms with E-state index in [0.29, 0.717) is 12.4 Å². The van der Waals surface area contributed by atoms with E-state index in [1.807, 2.05) is 36.2 Å². The number of aromatic amines is 1. The van der Waals surface area contributed by atoms with Crippen LogP contribution in [0.4, 0.5) is 10.5 Å². The van der Waals surface area contributed by atoms with Crippen molar-refractivity contribution in [2.75, 3.05) is 18.4 Å². The molecule has 7 nitrogen and oxygen atoms in total. The van der Waals surface area contributed by atoms with Crippen LogP contribution in [-0.2, 0) is 6.42 Å². The second-order valence-corrected chi connectivity index (χ2v) is 6.33. The molecule has 0 saturated carbocycles. The molecular weight excluding hydrogens is 318 g/mol. The van der Waals surface area contributed by atoms with Crippen LogP contribution in [0, 0.1) is 0 Å². The van der Waals surface area contributed by atoms with E-state index in [1.165, 1.54) is 0 Å². The lowest BCUT2D eigenvalue weighted by Gasteiger charge is -2.31. The molecule has 1 aliphatic rings. The first kappa shape index (κ1) is 15.7. The molecule has 0 bridgehead atoms. The van der Waals surface area contributed by atoms with Crippen molar-refractivity contribution in [1.82, 2.24) is 19.9 Å². The van der Waals surface area contributed by atoms with E-state index >= 15 is 0 Å². The van der Waals surface area contributed by atoms with Gasteiger partial charge in [0.25, 0.3) is 0 Å². The topological polar surface area (TPSA) is 87.0 Å². The van der Waals surface area contributed by atoms with Crippen molar-refractivity contribution in [3.63, 3.8) is 0 Å². The average Bonchev–Trinajstić information content (AvgIpc) is 3.31. The number of hydrogen-bond donors (Lipinski definition) is 2. The van der Waals surface area contributed by atoms with Crippen LogP contribution < -0.4 is 5.32 Å². The van der Waals surface area contributed by atoms with Crippen molar-refractivity contribution in [2.24, 2.45) is 0 Å². The van der Waals surface area contributed by atoms with Crippen LogP contribution in [0.3, 0.4) is 0 Å². The minimum Gasteiger partial charge on any atom is -0.441 e. The number of carbonyl (C=O) groups is 1. The number of likely N-dealkylation sites (tertiary alicyclic amines) is 1. The Balaban J connectivity index is 1.45. The van der Waals surface area contributed by atoms with Gasteiger partial charge >= 0.3 is 6.03 Å². The number of aromatic nitrogens is 3. The fourth-order valence-corrected chi connectivity index (χ4v) is 3.29. The number of hydrogen-bond acceptors (Lipinski definition) is 4. The summed E-state index contributed by atoms with van der Waals surface area (Å²) in [6, 6.07) is 5.46. The number of urea groups is 1. The number of aryl methyl sites for hydroxylation is 1. The van der Waals surface area contributed by atoms with Crippen LogP contribution in [0.25, 0.3) is 11.1 Å².